The Hall–Kier alpha value is -2.31. The van der Waals surface area contributed by atoms with Gasteiger partial charge in [0.25, 0.3) is 0 Å². The molecule has 1 aromatic heterocycles. The van der Waals surface area contributed by atoms with Crippen LogP contribution in [0.1, 0.15) is 12.8 Å². The van der Waals surface area contributed by atoms with Crippen molar-refractivity contribution >= 4 is 0 Å². The molecule has 150 valence electrons. The van der Waals surface area contributed by atoms with Gasteiger partial charge in [0.05, 0.1) is 12.8 Å². The van der Waals surface area contributed by atoms with E-state index in [-0.39, 0.29) is 6.10 Å². The third-order valence-electron chi connectivity index (χ3n) is 5.54. The molecule has 0 amide bonds. The van der Waals surface area contributed by atoms with Gasteiger partial charge in [-0.2, -0.15) is 0 Å². The lowest BCUT2D eigenvalue weighted by Gasteiger charge is -2.31. The molecule has 1 aromatic carbocycles. The quantitative estimate of drug-likeness (QED) is 0.828. The van der Waals surface area contributed by atoms with E-state index in [0.717, 1.165) is 41.8 Å². The summed E-state index contributed by atoms with van der Waals surface area (Å²) in [7, 11) is 3.82. The molecule has 1 N–H and O–H groups in total. The highest BCUT2D eigenvalue weighted by molar-refractivity contribution is 5.71. The average Bonchev–Trinajstić information content (AvgIpc) is 2.74. The van der Waals surface area contributed by atoms with Gasteiger partial charge in [0.15, 0.2) is 11.5 Å². The van der Waals surface area contributed by atoms with Crippen LogP contribution in [-0.4, -0.2) is 62.9 Å². The molecule has 4 rings (SSSR count). The van der Waals surface area contributed by atoms with Crippen molar-refractivity contribution in [1.29, 1.82) is 0 Å². The van der Waals surface area contributed by atoms with Crippen LogP contribution in [0.25, 0.3) is 11.3 Å². The Balaban J connectivity index is 1.40. The predicted octanol–water partition coefficient (Wildman–Crippen LogP) is 2.83. The van der Waals surface area contributed by atoms with Gasteiger partial charge in [-0.05, 0) is 63.6 Å². The van der Waals surface area contributed by atoms with Gasteiger partial charge in [0, 0.05) is 18.2 Å². The molecule has 1 saturated heterocycles. The Morgan fingerprint density at radius 1 is 1.14 bits per heavy atom. The van der Waals surface area contributed by atoms with Crippen LogP contribution in [0, 0.1) is 5.92 Å². The minimum Gasteiger partial charge on any atom is -0.486 e. The van der Waals surface area contributed by atoms with Crippen LogP contribution in [-0.2, 0) is 0 Å². The highest BCUT2D eigenvalue weighted by Gasteiger charge is 2.25. The molecule has 2 aliphatic rings. The molecule has 2 aromatic rings. The van der Waals surface area contributed by atoms with Crippen LogP contribution in [0.2, 0.25) is 0 Å². The molecule has 3 heterocycles. The van der Waals surface area contributed by atoms with E-state index in [1.54, 1.807) is 7.11 Å². The molecular formula is C22H29N3O3. The van der Waals surface area contributed by atoms with E-state index >= 15 is 0 Å². The second-order valence-corrected chi connectivity index (χ2v) is 7.65. The van der Waals surface area contributed by atoms with Crippen molar-refractivity contribution in [2.24, 2.45) is 5.92 Å². The molecular weight excluding hydrogens is 354 g/mol. The number of ether oxygens (including phenoxy) is 3. The first-order valence-electron chi connectivity index (χ1n) is 10.1. The van der Waals surface area contributed by atoms with E-state index in [2.05, 4.69) is 22.2 Å². The molecule has 0 bridgehead atoms. The summed E-state index contributed by atoms with van der Waals surface area (Å²) < 4.78 is 17.6. The number of para-hydroxylation sites is 1. The predicted molar refractivity (Wildman–Crippen MR) is 109 cm³/mol. The normalized spacial score (nSPS) is 20.1. The third-order valence-corrected chi connectivity index (χ3v) is 5.54. The first-order chi connectivity index (χ1) is 13.7. The number of fused-ring (bicyclic) bond motifs is 1. The highest BCUT2D eigenvalue weighted by atomic mass is 16.6. The second-order valence-electron chi connectivity index (χ2n) is 7.65. The number of methoxy groups -OCH3 is 1. The van der Waals surface area contributed by atoms with Gasteiger partial charge in [-0.25, -0.2) is 4.98 Å². The van der Waals surface area contributed by atoms with Crippen LogP contribution in [0.5, 0.6) is 17.4 Å². The van der Waals surface area contributed by atoms with E-state index < -0.39 is 0 Å². The Labute approximate surface area is 166 Å². The van der Waals surface area contributed by atoms with E-state index in [1.807, 2.05) is 36.4 Å². The maximum Gasteiger partial charge on any atom is 0.213 e. The topological polar surface area (TPSA) is 55.9 Å². The number of aromatic nitrogens is 1. The van der Waals surface area contributed by atoms with Gasteiger partial charge < -0.3 is 24.4 Å². The molecule has 6 nitrogen and oxygen atoms in total. The summed E-state index contributed by atoms with van der Waals surface area (Å²) in [5, 5.41) is 3.59. The minimum absolute atomic E-state index is 0.00878. The number of hydrogen-bond donors (Lipinski definition) is 1. The fourth-order valence-corrected chi connectivity index (χ4v) is 3.83. The number of piperidine rings is 1. The number of nitrogens with one attached hydrogen (secondary N) is 1. The summed E-state index contributed by atoms with van der Waals surface area (Å²) in [5.41, 5.74) is 1.75. The van der Waals surface area contributed by atoms with Crippen molar-refractivity contribution in [3.63, 3.8) is 0 Å². The molecule has 0 aliphatic carbocycles. The van der Waals surface area contributed by atoms with Crippen LogP contribution in [0.4, 0.5) is 0 Å². The Bertz CT molecular complexity index is 790. The highest BCUT2D eigenvalue weighted by Crippen LogP contribution is 2.40. The lowest BCUT2D eigenvalue weighted by molar-refractivity contribution is 0.0893. The first kappa shape index (κ1) is 19.0. The summed E-state index contributed by atoms with van der Waals surface area (Å²) in [6.45, 7) is 4.77. The third kappa shape index (κ3) is 4.39. The average molecular weight is 383 g/mol. The number of benzene rings is 1. The number of nitrogens with zero attached hydrogens (tertiary/aromatic N) is 2. The molecule has 1 atom stereocenters. The minimum atomic E-state index is -0.00878. The molecule has 6 heteroatoms. The van der Waals surface area contributed by atoms with E-state index in [1.165, 1.54) is 25.9 Å². The zero-order chi connectivity index (χ0) is 19.3. The molecule has 0 spiro atoms. The number of rotatable bonds is 6. The van der Waals surface area contributed by atoms with Gasteiger partial charge in [-0.15, -0.1) is 0 Å². The van der Waals surface area contributed by atoms with Crippen LogP contribution < -0.4 is 19.5 Å². The molecule has 2 aliphatic heterocycles. The van der Waals surface area contributed by atoms with Crippen molar-refractivity contribution in [1.82, 2.24) is 15.2 Å². The summed E-state index contributed by atoms with van der Waals surface area (Å²) >= 11 is 0. The van der Waals surface area contributed by atoms with Crippen LogP contribution >= 0.6 is 0 Å². The van der Waals surface area contributed by atoms with Crippen LogP contribution in [0.15, 0.2) is 36.4 Å². The summed E-state index contributed by atoms with van der Waals surface area (Å²) in [5.74, 6) is 2.88. The Morgan fingerprint density at radius 2 is 1.96 bits per heavy atom. The monoisotopic (exact) mass is 383 g/mol. The summed E-state index contributed by atoms with van der Waals surface area (Å²) in [4.78, 5) is 6.95. The van der Waals surface area contributed by atoms with Gasteiger partial charge in [-0.1, -0.05) is 12.1 Å². The lowest BCUT2D eigenvalue weighted by atomic mass is 9.97. The number of likely N-dealkylation sites (tertiary alicyclic amines) is 1. The van der Waals surface area contributed by atoms with Crippen molar-refractivity contribution in [2.75, 3.05) is 46.9 Å². The fraction of sp³-hybridized carbons (Fsp3) is 0.500. The molecule has 1 fully saturated rings. The van der Waals surface area contributed by atoms with Crippen LogP contribution in [0.3, 0.4) is 0 Å². The first-order valence-corrected chi connectivity index (χ1v) is 10.1. The Kier molecular flexibility index (Phi) is 5.98. The largest absolute Gasteiger partial charge is 0.486 e. The lowest BCUT2D eigenvalue weighted by Crippen LogP contribution is -2.41. The van der Waals surface area contributed by atoms with E-state index in [4.69, 9.17) is 14.2 Å². The maximum absolute atomic E-state index is 6.32. The van der Waals surface area contributed by atoms with Crippen molar-refractivity contribution in [3.05, 3.63) is 36.4 Å². The van der Waals surface area contributed by atoms with Gasteiger partial charge in [0.1, 0.15) is 12.7 Å². The zero-order valence-electron chi connectivity index (χ0n) is 16.7. The maximum atomic E-state index is 6.32. The molecule has 0 saturated carbocycles. The smallest absolute Gasteiger partial charge is 0.213 e. The zero-order valence-corrected chi connectivity index (χ0v) is 16.7. The number of hydrogen-bond acceptors (Lipinski definition) is 6. The summed E-state index contributed by atoms with van der Waals surface area (Å²) in [6, 6.07) is 11.7. The van der Waals surface area contributed by atoms with Crippen molar-refractivity contribution in [2.45, 2.75) is 18.9 Å². The molecule has 1 unspecified atom stereocenters. The van der Waals surface area contributed by atoms with Crippen molar-refractivity contribution < 1.29 is 14.2 Å². The van der Waals surface area contributed by atoms with Gasteiger partial charge in [-0.3, -0.25) is 0 Å². The van der Waals surface area contributed by atoms with Gasteiger partial charge in [0.2, 0.25) is 5.88 Å². The molecule has 28 heavy (non-hydrogen) atoms. The summed E-state index contributed by atoms with van der Waals surface area (Å²) in [6.07, 6.45) is 2.52. The Morgan fingerprint density at radius 3 is 2.79 bits per heavy atom. The van der Waals surface area contributed by atoms with Crippen molar-refractivity contribution in [3.8, 4) is 28.6 Å². The second kappa shape index (κ2) is 8.80. The van der Waals surface area contributed by atoms with Gasteiger partial charge >= 0.3 is 0 Å². The standard InChI is InChI=1S/C22H29N3O3/c1-25-11-9-16(10-12-25)13-23-14-17-15-27-20-7-3-5-18(22(20)28-17)19-6-4-8-21(24-19)26-2/h3-8,16-17,23H,9-15H2,1-2H3. The molecule has 0 radical (unpaired) electrons. The number of pyridine rings is 1. The van der Waals surface area contributed by atoms with E-state index in [0.29, 0.717) is 12.5 Å². The SMILES string of the molecule is COc1cccc(-c2cccc3c2OC(CNCC2CCN(C)CC2)CO3)n1. The fourth-order valence-electron chi connectivity index (χ4n) is 3.83. The van der Waals surface area contributed by atoms with E-state index in [9.17, 15) is 0 Å².